The second-order valence-corrected chi connectivity index (χ2v) is 8.09. The fourth-order valence-electron chi connectivity index (χ4n) is 3.39. The maximum absolute atomic E-state index is 12.9. The van der Waals surface area contributed by atoms with Gasteiger partial charge in [0.1, 0.15) is 6.04 Å². The van der Waals surface area contributed by atoms with Crippen molar-refractivity contribution in [1.29, 1.82) is 0 Å². The molecule has 8 heteroatoms. The number of nitrogens with zero attached hydrogens (tertiary/aromatic N) is 2. The normalized spacial score (nSPS) is 17.1. The number of aromatic amines is 1. The molecule has 0 bridgehead atoms. The topological polar surface area (TPSA) is 62.7 Å². The summed E-state index contributed by atoms with van der Waals surface area (Å²) < 4.78 is 2.21. The van der Waals surface area contributed by atoms with Gasteiger partial charge in [0.05, 0.1) is 10.9 Å². The maximum atomic E-state index is 12.9. The monoisotopic (exact) mass is 404 g/mol. The lowest BCUT2D eigenvalue weighted by atomic mass is 10.1. The number of carbonyl (C=O) groups is 1. The van der Waals surface area contributed by atoms with Crippen molar-refractivity contribution in [3.63, 3.8) is 0 Å². The SMILES string of the molecule is CC(C(=O)NC1CCc2cc(Cl)ccc21)n1c(-c2cccs2)n[nH]c1=S. The zero-order valence-corrected chi connectivity index (χ0v) is 16.4. The van der Waals surface area contributed by atoms with E-state index in [0.717, 1.165) is 28.3 Å². The minimum Gasteiger partial charge on any atom is -0.347 e. The molecule has 134 valence electrons. The van der Waals surface area contributed by atoms with Crippen molar-refractivity contribution in [1.82, 2.24) is 20.1 Å². The number of rotatable bonds is 4. The molecule has 4 rings (SSSR count). The molecule has 1 amide bonds. The average molecular weight is 405 g/mol. The summed E-state index contributed by atoms with van der Waals surface area (Å²) in [5.41, 5.74) is 2.35. The fraction of sp³-hybridized carbons (Fsp3) is 0.278. The van der Waals surface area contributed by atoms with Crippen molar-refractivity contribution >= 4 is 41.1 Å². The minimum atomic E-state index is -0.463. The molecule has 3 aromatic rings. The first-order valence-electron chi connectivity index (χ1n) is 8.34. The Bertz CT molecular complexity index is 1010. The van der Waals surface area contributed by atoms with Crippen LogP contribution in [0.25, 0.3) is 10.7 Å². The Labute approximate surface area is 165 Å². The second kappa shape index (κ2) is 6.98. The van der Waals surface area contributed by atoms with E-state index >= 15 is 0 Å². The molecule has 0 saturated carbocycles. The molecule has 2 N–H and O–H groups in total. The van der Waals surface area contributed by atoms with Crippen LogP contribution in [0.15, 0.2) is 35.7 Å². The van der Waals surface area contributed by atoms with Gasteiger partial charge < -0.3 is 5.32 Å². The highest BCUT2D eigenvalue weighted by Crippen LogP contribution is 2.33. The Balaban J connectivity index is 1.57. The summed E-state index contributed by atoms with van der Waals surface area (Å²) >= 11 is 13.0. The van der Waals surface area contributed by atoms with Crippen LogP contribution < -0.4 is 5.32 Å². The lowest BCUT2D eigenvalue weighted by molar-refractivity contribution is -0.124. The quantitative estimate of drug-likeness (QED) is 0.620. The zero-order chi connectivity index (χ0) is 18.3. The summed E-state index contributed by atoms with van der Waals surface area (Å²) in [5.74, 6) is 0.611. The maximum Gasteiger partial charge on any atom is 0.243 e. The van der Waals surface area contributed by atoms with Gasteiger partial charge in [-0.1, -0.05) is 23.7 Å². The van der Waals surface area contributed by atoms with E-state index in [2.05, 4.69) is 15.5 Å². The molecule has 26 heavy (non-hydrogen) atoms. The first-order valence-corrected chi connectivity index (χ1v) is 10.0. The standard InChI is InChI=1S/C18H17ClN4OS2/c1-10(23-16(21-22-18(23)25)15-3-2-8-26-15)17(24)20-14-7-4-11-9-12(19)5-6-13(11)14/h2-3,5-6,8-10,14H,4,7H2,1H3,(H,20,24)(H,22,25). The Morgan fingerprint density at radius 2 is 2.35 bits per heavy atom. The molecule has 2 atom stereocenters. The largest absolute Gasteiger partial charge is 0.347 e. The highest BCUT2D eigenvalue weighted by Gasteiger charge is 2.28. The zero-order valence-electron chi connectivity index (χ0n) is 14.0. The summed E-state index contributed by atoms with van der Waals surface area (Å²) in [6.07, 6.45) is 1.80. The van der Waals surface area contributed by atoms with Gasteiger partial charge in [-0.2, -0.15) is 5.10 Å². The van der Waals surface area contributed by atoms with Crippen LogP contribution in [0.2, 0.25) is 5.02 Å². The van der Waals surface area contributed by atoms with Crippen molar-refractivity contribution in [2.24, 2.45) is 0 Å². The van der Waals surface area contributed by atoms with Crippen LogP contribution in [-0.4, -0.2) is 20.7 Å². The Kier molecular flexibility index (Phi) is 4.69. The number of halogens is 1. The lowest BCUT2D eigenvalue weighted by Crippen LogP contribution is -2.33. The molecule has 1 aliphatic rings. The number of thiophene rings is 1. The van der Waals surface area contributed by atoms with E-state index in [0.29, 0.717) is 10.6 Å². The number of hydrogen-bond donors (Lipinski definition) is 2. The number of nitrogens with one attached hydrogen (secondary N) is 2. The van der Waals surface area contributed by atoms with Crippen LogP contribution in [0.5, 0.6) is 0 Å². The third-order valence-electron chi connectivity index (χ3n) is 4.71. The van der Waals surface area contributed by atoms with Crippen LogP contribution in [0.3, 0.4) is 0 Å². The molecule has 0 aliphatic heterocycles. The van der Waals surface area contributed by atoms with Gasteiger partial charge in [-0.25, -0.2) is 0 Å². The predicted molar refractivity (Wildman–Crippen MR) is 106 cm³/mol. The number of aromatic nitrogens is 3. The summed E-state index contributed by atoms with van der Waals surface area (Å²) in [4.78, 5) is 13.9. The minimum absolute atomic E-state index is 0.00322. The van der Waals surface area contributed by atoms with Crippen molar-refractivity contribution in [3.05, 3.63) is 56.6 Å². The first kappa shape index (κ1) is 17.5. The van der Waals surface area contributed by atoms with Crippen LogP contribution in [0, 0.1) is 4.77 Å². The highest BCUT2D eigenvalue weighted by atomic mass is 35.5. The van der Waals surface area contributed by atoms with Crippen LogP contribution >= 0.6 is 35.2 Å². The van der Waals surface area contributed by atoms with E-state index in [-0.39, 0.29) is 11.9 Å². The van der Waals surface area contributed by atoms with E-state index in [4.69, 9.17) is 23.8 Å². The molecule has 0 fully saturated rings. The molecular formula is C18H17ClN4OS2. The summed E-state index contributed by atoms with van der Waals surface area (Å²) in [7, 11) is 0. The van der Waals surface area contributed by atoms with E-state index in [1.807, 2.05) is 42.6 Å². The van der Waals surface area contributed by atoms with E-state index in [9.17, 15) is 4.79 Å². The third kappa shape index (κ3) is 3.11. The smallest absolute Gasteiger partial charge is 0.243 e. The molecular weight excluding hydrogens is 388 g/mol. The van der Waals surface area contributed by atoms with Gasteiger partial charge in [0.2, 0.25) is 5.91 Å². The number of benzene rings is 1. The molecule has 0 saturated heterocycles. The van der Waals surface area contributed by atoms with Gasteiger partial charge >= 0.3 is 0 Å². The van der Waals surface area contributed by atoms with Crippen molar-refractivity contribution in [3.8, 4) is 10.7 Å². The molecule has 0 radical (unpaired) electrons. The molecule has 5 nitrogen and oxygen atoms in total. The number of H-pyrrole nitrogens is 1. The van der Waals surface area contributed by atoms with Crippen LogP contribution in [0.1, 0.15) is 36.6 Å². The number of hydrogen-bond acceptors (Lipinski definition) is 4. The van der Waals surface area contributed by atoms with Gasteiger partial charge in [-0.15, -0.1) is 11.3 Å². The molecule has 0 spiro atoms. The number of carbonyl (C=O) groups excluding carboxylic acids is 1. The third-order valence-corrected chi connectivity index (χ3v) is 6.10. The molecule has 2 aromatic heterocycles. The lowest BCUT2D eigenvalue weighted by Gasteiger charge is -2.19. The summed E-state index contributed by atoms with van der Waals surface area (Å²) in [6, 6.07) is 9.31. The van der Waals surface area contributed by atoms with Crippen LogP contribution in [-0.2, 0) is 11.2 Å². The van der Waals surface area contributed by atoms with E-state index < -0.39 is 6.04 Å². The molecule has 1 aromatic carbocycles. The summed E-state index contributed by atoms with van der Waals surface area (Å²) in [6.45, 7) is 1.84. The van der Waals surface area contributed by atoms with Gasteiger partial charge in [0, 0.05) is 5.02 Å². The predicted octanol–water partition coefficient (Wildman–Crippen LogP) is 4.69. The number of fused-ring (bicyclic) bond motifs is 1. The number of amides is 1. The Hall–Kier alpha value is -1.96. The number of aryl methyl sites for hydroxylation is 1. The van der Waals surface area contributed by atoms with Gasteiger partial charge in [-0.05, 0) is 66.7 Å². The van der Waals surface area contributed by atoms with Crippen molar-refractivity contribution in [2.75, 3.05) is 0 Å². The van der Waals surface area contributed by atoms with E-state index in [1.165, 1.54) is 5.56 Å². The summed E-state index contributed by atoms with van der Waals surface area (Å²) in [5, 5.41) is 13.0. The van der Waals surface area contributed by atoms with Gasteiger partial charge in [-0.3, -0.25) is 14.5 Å². The van der Waals surface area contributed by atoms with Crippen molar-refractivity contribution in [2.45, 2.75) is 31.8 Å². The first-order chi connectivity index (χ1) is 12.5. The Morgan fingerprint density at radius 1 is 1.50 bits per heavy atom. The fourth-order valence-corrected chi connectivity index (χ4v) is 4.58. The van der Waals surface area contributed by atoms with Gasteiger partial charge in [0.15, 0.2) is 10.6 Å². The molecule has 2 unspecified atom stereocenters. The molecule has 1 aliphatic carbocycles. The van der Waals surface area contributed by atoms with Crippen molar-refractivity contribution < 1.29 is 4.79 Å². The van der Waals surface area contributed by atoms with Gasteiger partial charge in [0.25, 0.3) is 0 Å². The average Bonchev–Trinajstić information content (AvgIpc) is 3.34. The molecule has 2 heterocycles. The van der Waals surface area contributed by atoms with Crippen LogP contribution in [0.4, 0.5) is 0 Å². The van der Waals surface area contributed by atoms with E-state index in [1.54, 1.807) is 15.9 Å². The highest BCUT2D eigenvalue weighted by molar-refractivity contribution is 7.71. The Morgan fingerprint density at radius 3 is 3.12 bits per heavy atom. The second-order valence-electron chi connectivity index (χ2n) is 6.32.